The first-order valence-electron chi connectivity index (χ1n) is 9.17. The van der Waals surface area contributed by atoms with Gasteiger partial charge >= 0.3 is 0 Å². The van der Waals surface area contributed by atoms with Crippen molar-refractivity contribution in [2.45, 2.75) is 24.9 Å². The first kappa shape index (κ1) is 20.7. The number of thioether (sulfide) groups is 1. The highest BCUT2D eigenvalue weighted by Gasteiger charge is 2.14. The van der Waals surface area contributed by atoms with Gasteiger partial charge in [-0.05, 0) is 35.7 Å². The van der Waals surface area contributed by atoms with Crippen LogP contribution in [0.1, 0.15) is 25.3 Å². The third-order valence-corrected chi connectivity index (χ3v) is 5.15. The number of rotatable bonds is 8. The number of nitrogens with one attached hydrogen (secondary N) is 2. The molecule has 0 aliphatic heterocycles. The van der Waals surface area contributed by atoms with E-state index in [0.29, 0.717) is 28.4 Å². The van der Waals surface area contributed by atoms with Crippen molar-refractivity contribution in [3.8, 4) is 22.9 Å². The van der Waals surface area contributed by atoms with Crippen LogP contribution in [0.15, 0.2) is 47.6 Å². The molecule has 0 saturated carbocycles. The molecule has 1 amide bonds. The van der Waals surface area contributed by atoms with Gasteiger partial charge in [0.05, 0.1) is 25.5 Å². The molecule has 0 unspecified atom stereocenters. The van der Waals surface area contributed by atoms with Gasteiger partial charge in [-0.1, -0.05) is 37.7 Å². The van der Waals surface area contributed by atoms with Crippen molar-refractivity contribution in [1.29, 1.82) is 0 Å². The minimum Gasteiger partial charge on any atom is -0.497 e. The van der Waals surface area contributed by atoms with E-state index in [9.17, 15) is 4.79 Å². The molecule has 0 bridgehead atoms. The number of hydrogen-bond donors (Lipinski definition) is 2. The topological polar surface area (TPSA) is 89.1 Å². The number of nitrogens with zero attached hydrogens (tertiary/aromatic N) is 2. The number of hydrogen-bond acceptors (Lipinski definition) is 6. The number of aromatic nitrogens is 3. The molecule has 0 saturated heterocycles. The van der Waals surface area contributed by atoms with Crippen molar-refractivity contribution in [3.05, 3.63) is 48.0 Å². The number of carbonyl (C=O) groups is 1. The lowest BCUT2D eigenvalue weighted by atomic mass is 10.0. The van der Waals surface area contributed by atoms with Crippen molar-refractivity contribution < 1.29 is 14.3 Å². The summed E-state index contributed by atoms with van der Waals surface area (Å²) in [6.07, 6.45) is 0. The quantitative estimate of drug-likeness (QED) is 0.535. The molecule has 1 aromatic heterocycles. The first-order chi connectivity index (χ1) is 14.0. The van der Waals surface area contributed by atoms with Crippen LogP contribution >= 0.6 is 11.8 Å². The number of methoxy groups -OCH3 is 2. The van der Waals surface area contributed by atoms with Crippen LogP contribution in [0.5, 0.6) is 11.5 Å². The van der Waals surface area contributed by atoms with Crippen LogP contribution in [0.2, 0.25) is 0 Å². The molecular formula is C21H24N4O3S. The summed E-state index contributed by atoms with van der Waals surface area (Å²) < 4.78 is 10.6. The molecule has 152 valence electrons. The molecule has 1 heterocycles. The number of ether oxygens (including phenoxy) is 2. The Morgan fingerprint density at radius 1 is 1.17 bits per heavy atom. The van der Waals surface area contributed by atoms with E-state index >= 15 is 0 Å². The zero-order valence-electron chi connectivity index (χ0n) is 16.9. The van der Waals surface area contributed by atoms with Crippen molar-refractivity contribution in [1.82, 2.24) is 15.2 Å². The van der Waals surface area contributed by atoms with E-state index in [1.807, 2.05) is 30.3 Å². The minimum absolute atomic E-state index is 0.107. The lowest BCUT2D eigenvalue weighted by Gasteiger charge is -2.09. The molecule has 2 aromatic carbocycles. The van der Waals surface area contributed by atoms with Gasteiger partial charge in [0, 0.05) is 11.8 Å². The fourth-order valence-corrected chi connectivity index (χ4v) is 3.33. The number of H-pyrrole nitrogens is 1. The monoisotopic (exact) mass is 412 g/mol. The van der Waals surface area contributed by atoms with E-state index in [0.717, 1.165) is 11.3 Å². The molecule has 2 N–H and O–H groups in total. The van der Waals surface area contributed by atoms with Crippen molar-refractivity contribution in [2.24, 2.45) is 0 Å². The second-order valence-corrected chi connectivity index (χ2v) is 7.59. The maximum absolute atomic E-state index is 12.3. The predicted molar refractivity (Wildman–Crippen MR) is 115 cm³/mol. The first-order valence-corrected chi connectivity index (χ1v) is 10.2. The van der Waals surface area contributed by atoms with E-state index < -0.39 is 0 Å². The SMILES string of the molecule is COc1ccc(-c2nc(SCC(=O)Nc3cccc(C(C)C)c3)n[nH]2)c(OC)c1. The Kier molecular flexibility index (Phi) is 6.77. The summed E-state index contributed by atoms with van der Waals surface area (Å²) in [7, 11) is 3.19. The molecule has 7 nitrogen and oxygen atoms in total. The van der Waals surface area contributed by atoms with Crippen LogP contribution in [0.4, 0.5) is 5.69 Å². The number of aromatic amines is 1. The Balaban J connectivity index is 1.62. The van der Waals surface area contributed by atoms with Gasteiger partial charge in [0.2, 0.25) is 11.1 Å². The Morgan fingerprint density at radius 2 is 2.00 bits per heavy atom. The highest BCUT2D eigenvalue weighted by Crippen LogP contribution is 2.32. The highest BCUT2D eigenvalue weighted by molar-refractivity contribution is 7.99. The van der Waals surface area contributed by atoms with E-state index in [1.54, 1.807) is 20.3 Å². The molecule has 0 spiro atoms. The lowest BCUT2D eigenvalue weighted by molar-refractivity contribution is -0.113. The largest absolute Gasteiger partial charge is 0.497 e. The Morgan fingerprint density at radius 3 is 2.72 bits per heavy atom. The van der Waals surface area contributed by atoms with Gasteiger partial charge in [-0.15, -0.1) is 5.10 Å². The standard InChI is InChI=1S/C21H24N4O3S/c1-13(2)14-6-5-7-15(10-14)22-19(26)12-29-21-23-20(24-25-21)17-9-8-16(27-3)11-18(17)28-4/h5-11,13H,12H2,1-4H3,(H,22,26)(H,23,24,25). The van der Waals surface area contributed by atoms with Crippen LogP contribution in [0.25, 0.3) is 11.4 Å². The maximum Gasteiger partial charge on any atom is 0.234 e. The predicted octanol–water partition coefficient (Wildman–Crippen LogP) is 4.34. The van der Waals surface area contributed by atoms with Crippen molar-refractivity contribution >= 4 is 23.4 Å². The Bertz CT molecular complexity index is 988. The van der Waals surface area contributed by atoms with Crippen LogP contribution in [0.3, 0.4) is 0 Å². The van der Waals surface area contributed by atoms with Gasteiger partial charge in [-0.3, -0.25) is 9.89 Å². The van der Waals surface area contributed by atoms with Crippen LogP contribution in [0, 0.1) is 0 Å². The third-order valence-electron chi connectivity index (χ3n) is 4.30. The summed E-state index contributed by atoms with van der Waals surface area (Å²) in [6, 6.07) is 13.3. The average molecular weight is 413 g/mol. The summed E-state index contributed by atoms with van der Waals surface area (Å²) in [4.78, 5) is 16.7. The summed E-state index contributed by atoms with van der Waals surface area (Å²) >= 11 is 1.26. The van der Waals surface area contributed by atoms with Gasteiger partial charge < -0.3 is 14.8 Å². The molecule has 0 aliphatic rings. The van der Waals surface area contributed by atoms with Gasteiger partial charge in [0.15, 0.2) is 5.82 Å². The number of benzene rings is 2. The van der Waals surface area contributed by atoms with E-state index in [2.05, 4.69) is 40.4 Å². The smallest absolute Gasteiger partial charge is 0.234 e. The maximum atomic E-state index is 12.3. The zero-order chi connectivity index (χ0) is 20.8. The average Bonchev–Trinajstić information content (AvgIpc) is 3.20. The molecule has 0 aliphatic carbocycles. The van der Waals surface area contributed by atoms with Gasteiger partial charge in [0.1, 0.15) is 11.5 Å². The summed E-state index contributed by atoms with van der Waals surface area (Å²) in [5.74, 6) is 2.39. The zero-order valence-corrected chi connectivity index (χ0v) is 17.7. The van der Waals surface area contributed by atoms with Crippen LogP contribution in [-0.2, 0) is 4.79 Å². The third kappa shape index (κ3) is 5.29. The number of anilines is 1. The fourth-order valence-electron chi connectivity index (χ4n) is 2.73. The van der Waals surface area contributed by atoms with Crippen LogP contribution in [-0.4, -0.2) is 41.1 Å². The number of carbonyl (C=O) groups excluding carboxylic acids is 1. The van der Waals surface area contributed by atoms with E-state index in [-0.39, 0.29) is 11.7 Å². The van der Waals surface area contributed by atoms with Crippen molar-refractivity contribution in [3.63, 3.8) is 0 Å². The highest BCUT2D eigenvalue weighted by atomic mass is 32.2. The van der Waals surface area contributed by atoms with Crippen LogP contribution < -0.4 is 14.8 Å². The Hall–Kier alpha value is -3.00. The molecular weight excluding hydrogens is 388 g/mol. The summed E-state index contributed by atoms with van der Waals surface area (Å²) in [5, 5.41) is 10.5. The molecule has 29 heavy (non-hydrogen) atoms. The Labute approximate surface area is 174 Å². The van der Waals surface area contributed by atoms with Gasteiger partial charge in [-0.2, -0.15) is 0 Å². The van der Waals surface area contributed by atoms with Crippen molar-refractivity contribution in [2.75, 3.05) is 25.3 Å². The summed E-state index contributed by atoms with van der Waals surface area (Å²) in [6.45, 7) is 4.24. The normalized spacial score (nSPS) is 10.8. The second kappa shape index (κ2) is 9.47. The molecule has 3 aromatic rings. The molecule has 3 rings (SSSR count). The van der Waals surface area contributed by atoms with E-state index in [4.69, 9.17) is 9.47 Å². The lowest BCUT2D eigenvalue weighted by Crippen LogP contribution is -2.14. The van der Waals surface area contributed by atoms with Gasteiger partial charge in [0.25, 0.3) is 0 Å². The fraction of sp³-hybridized carbons (Fsp3) is 0.286. The minimum atomic E-state index is -0.107. The molecule has 8 heteroatoms. The molecule has 0 radical (unpaired) electrons. The second-order valence-electron chi connectivity index (χ2n) is 6.65. The number of amides is 1. The molecule has 0 fully saturated rings. The summed E-state index contributed by atoms with van der Waals surface area (Å²) in [5.41, 5.74) is 2.74. The van der Waals surface area contributed by atoms with Gasteiger partial charge in [-0.25, -0.2) is 4.98 Å². The molecule has 0 atom stereocenters. The van der Waals surface area contributed by atoms with E-state index in [1.165, 1.54) is 17.3 Å².